The van der Waals surface area contributed by atoms with Gasteiger partial charge in [0.25, 0.3) is 5.91 Å². The lowest BCUT2D eigenvalue weighted by Gasteiger charge is -2.03. The Morgan fingerprint density at radius 3 is 2.76 bits per heavy atom. The number of carbonyl (C=O) groups is 1. The predicted octanol–water partition coefficient (Wildman–Crippen LogP) is 2.73. The highest BCUT2D eigenvalue weighted by molar-refractivity contribution is 9.10. The van der Waals surface area contributed by atoms with E-state index in [9.17, 15) is 9.90 Å². The summed E-state index contributed by atoms with van der Waals surface area (Å²) in [6, 6.07) is 10.4. The van der Waals surface area contributed by atoms with Crippen LogP contribution in [0, 0.1) is 0 Å². The maximum atomic E-state index is 12.0. The quantitative estimate of drug-likeness (QED) is 0.766. The SMILES string of the molecule is O=C(NCc1cn2cccc(O)c2n1)c1ccc(Br)cc1. The van der Waals surface area contributed by atoms with Crippen molar-refractivity contribution in [1.82, 2.24) is 14.7 Å². The van der Waals surface area contributed by atoms with Crippen molar-refractivity contribution in [2.45, 2.75) is 6.54 Å². The molecule has 106 valence electrons. The van der Waals surface area contributed by atoms with Crippen LogP contribution in [0.2, 0.25) is 0 Å². The fourth-order valence-electron chi connectivity index (χ4n) is 2.01. The van der Waals surface area contributed by atoms with E-state index in [1.54, 1.807) is 41.1 Å². The number of rotatable bonds is 3. The Morgan fingerprint density at radius 1 is 1.29 bits per heavy atom. The topological polar surface area (TPSA) is 66.6 Å². The van der Waals surface area contributed by atoms with Gasteiger partial charge in [0, 0.05) is 22.4 Å². The largest absolute Gasteiger partial charge is 0.504 e. The molecule has 3 aromatic rings. The van der Waals surface area contributed by atoms with Crippen molar-refractivity contribution >= 4 is 27.5 Å². The first-order valence-electron chi connectivity index (χ1n) is 6.33. The van der Waals surface area contributed by atoms with Gasteiger partial charge in [0.05, 0.1) is 12.2 Å². The highest BCUT2D eigenvalue weighted by Crippen LogP contribution is 2.16. The smallest absolute Gasteiger partial charge is 0.251 e. The number of benzene rings is 1. The molecule has 0 spiro atoms. The number of fused-ring (bicyclic) bond motifs is 1. The molecule has 2 aromatic heterocycles. The summed E-state index contributed by atoms with van der Waals surface area (Å²) >= 11 is 3.33. The molecule has 0 aliphatic carbocycles. The summed E-state index contributed by atoms with van der Waals surface area (Å²) in [4.78, 5) is 16.3. The lowest BCUT2D eigenvalue weighted by molar-refractivity contribution is 0.0950. The van der Waals surface area contributed by atoms with Crippen LogP contribution in [0.15, 0.2) is 53.3 Å². The van der Waals surface area contributed by atoms with Gasteiger partial charge in [-0.1, -0.05) is 15.9 Å². The van der Waals surface area contributed by atoms with E-state index < -0.39 is 0 Å². The molecule has 0 bridgehead atoms. The highest BCUT2D eigenvalue weighted by atomic mass is 79.9. The van der Waals surface area contributed by atoms with Crippen molar-refractivity contribution in [2.75, 3.05) is 0 Å². The van der Waals surface area contributed by atoms with E-state index in [0.717, 1.165) is 4.47 Å². The van der Waals surface area contributed by atoms with Gasteiger partial charge in [-0.3, -0.25) is 4.79 Å². The van der Waals surface area contributed by atoms with Gasteiger partial charge < -0.3 is 14.8 Å². The molecule has 1 amide bonds. The highest BCUT2D eigenvalue weighted by Gasteiger charge is 2.08. The van der Waals surface area contributed by atoms with E-state index in [-0.39, 0.29) is 11.7 Å². The first kappa shape index (κ1) is 13.6. The maximum absolute atomic E-state index is 12.0. The number of amides is 1. The summed E-state index contributed by atoms with van der Waals surface area (Å²) in [7, 11) is 0. The lowest BCUT2D eigenvalue weighted by atomic mass is 10.2. The number of carbonyl (C=O) groups excluding carboxylic acids is 1. The Hall–Kier alpha value is -2.34. The molecule has 0 atom stereocenters. The number of nitrogens with zero attached hydrogens (tertiary/aromatic N) is 2. The van der Waals surface area contributed by atoms with Gasteiger partial charge >= 0.3 is 0 Å². The second kappa shape index (κ2) is 5.57. The van der Waals surface area contributed by atoms with E-state index >= 15 is 0 Å². The molecule has 0 aliphatic heterocycles. The van der Waals surface area contributed by atoms with E-state index in [4.69, 9.17) is 0 Å². The summed E-state index contributed by atoms with van der Waals surface area (Å²) in [5, 5.41) is 12.5. The first-order chi connectivity index (χ1) is 10.1. The Morgan fingerprint density at radius 2 is 2.05 bits per heavy atom. The molecular formula is C15H12BrN3O2. The number of aromatic hydroxyl groups is 1. The van der Waals surface area contributed by atoms with Crippen molar-refractivity contribution in [2.24, 2.45) is 0 Å². The molecule has 3 rings (SSSR count). The van der Waals surface area contributed by atoms with Crippen LogP contribution in [0.4, 0.5) is 0 Å². The van der Waals surface area contributed by atoms with Gasteiger partial charge in [0.1, 0.15) is 0 Å². The molecule has 0 fully saturated rings. The van der Waals surface area contributed by atoms with Crippen LogP contribution in [-0.4, -0.2) is 20.4 Å². The molecule has 2 heterocycles. The molecule has 0 saturated carbocycles. The predicted molar refractivity (Wildman–Crippen MR) is 82.2 cm³/mol. The standard InChI is InChI=1S/C15H12BrN3O2/c16-11-5-3-10(4-6-11)15(21)17-8-12-9-19-7-1-2-13(20)14(19)18-12/h1-7,9,20H,8H2,(H,17,21). The summed E-state index contributed by atoms with van der Waals surface area (Å²) < 4.78 is 2.64. The monoisotopic (exact) mass is 345 g/mol. The normalized spacial score (nSPS) is 10.7. The Bertz CT molecular complexity index is 796. The van der Waals surface area contributed by atoms with Gasteiger partial charge in [-0.25, -0.2) is 4.98 Å². The summed E-state index contributed by atoms with van der Waals surface area (Å²) in [6.07, 6.45) is 3.57. The Labute approximate surface area is 129 Å². The number of pyridine rings is 1. The molecule has 1 aromatic carbocycles. The van der Waals surface area contributed by atoms with Crippen molar-refractivity contribution in [1.29, 1.82) is 0 Å². The minimum absolute atomic E-state index is 0.114. The number of hydrogen-bond acceptors (Lipinski definition) is 3. The van der Waals surface area contributed by atoms with E-state index in [1.807, 2.05) is 12.1 Å². The van der Waals surface area contributed by atoms with Crippen LogP contribution in [0.1, 0.15) is 16.1 Å². The van der Waals surface area contributed by atoms with Crippen LogP contribution in [0.5, 0.6) is 5.75 Å². The first-order valence-corrected chi connectivity index (χ1v) is 7.12. The van der Waals surface area contributed by atoms with Gasteiger partial charge in [0.2, 0.25) is 0 Å². The maximum Gasteiger partial charge on any atom is 0.251 e. The van der Waals surface area contributed by atoms with Crippen molar-refractivity contribution in [3.8, 4) is 5.75 Å². The minimum atomic E-state index is -0.163. The molecule has 21 heavy (non-hydrogen) atoms. The van der Waals surface area contributed by atoms with Crippen LogP contribution < -0.4 is 5.32 Å². The second-order valence-electron chi connectivity index (χ2n) is 4.55. The third kappa shape index (κ3) is 2.90. The number of hydrogen-bond donors (Lipinski definition) is 2. The zero-order valence-corrected chi connectivity index (χ0v) is 12.5. The average molecular weight is 346 g/mol. The van der Waals surface area contributed by atoms with Gasteiger partial charge in [-0.15, -0.1) is 0 Å². The van der Waals surface area contributed by atoms with Crippen LogP contribution in [0.3, 0.4) is 0 Å². The van der Waals surface area contributed by atoms with Crippen molar-refractivity contribution in [3.05, 3.63) is 64.5 Å². The number of halogens is 1. The third-order valence-corrected chi connectivity index (χ3v) is 3.58. The second-order valence-corrected chi connectivity index (χ2v) is 5.46. The van der Waals surface area contributed by atoms with Crippen LogP contribution in [0.25, 0.3) is 5.65 Å². The number of nitrogens with one attached hydrogen (secondary N) is 1. The molecule has 0 unspecified atom stereocenters. The molecule has 0 radical (unpaired) electrons. The minimum Gasteiger partial charge on any atom is -0.504 e. The van der Waals surface area contributed by atoms with E-state index in [1.165, 1.54) is 0 Å². The fraction of sp³-hybridized carbons (Fsp3) is 0.0667. The van der Waals surface area contributed by atoms with Crippen LogP contribution >= 0.6 is 15.9 Å². The summed E-state index contributed by atoms with van der Waals surface area (Å²) in [6.45, 7) is 0.302. The molecule has 2 N–H and O–H groups in total. The van der Waals surface area contributed by atoms with E-state index in [2.05, 4.69) is 26.2 Å². The Balaban J connectivity index is 1.72. The summed E-state index contributed by atoms with van der Waals surface area (Å²) in [5.41, 5.74) is 1.75. The molecule has 5 nitrogen and oxygen atoms in total. The van der Waals surface area contributed by atoms with Crippen molar-refractivity contribution in [3.63, 3.8) is 0 Å². The number of aromatic nitrogens is 2. The molecule has 6 heteroatoms. The van der Waals surface area contributed by atoms with Crippen LogP contribution in [-0.2, 0) is 6.54 Å². The molecule has 0 aliphatic rings. The number of imidazole rings is 1. The van der Waals surface area contributed by atoms with Gasteiger partial charge in [-0.2, -0.15) is 0 Å². The Kier molecular flexibility index (Phi) is 3.62. The molecule has 0 saturated heterocycles. The average Bonchev–Trinajstić information content (AvgIpc) is 2.90. The van der Waals surface area contributed by atoms with Gasteiger partial charge in [-0.05, 0) is 36.4 Å². The zero-order valence-electron chi connectivity index (χ0n) is 11.0. The molecular weight excluding hydrogens is 334 g/mol. The van der Waals surface area contributed by atoms with Gasteiger partial charge in [0.15, 0.2) is 11.4 Å². The summed E-state index contributed by atoms with van der Waals surface area (Å²) in [5.74, 6) is -0.0493. The third-order valence-electron chi connectivity index (χ3n) is 3.05. The van der Waals surface area contributed by atoms with Crippen molar-refractivity contribution < 1.29 is 9.90 Å². The fourth-order valence-corrected chi connectivity index (χ4v) is 2.27. The lowest BCUT2D eigenvalue weighted by Crippen LogP contribution is -2.22. The zero-order chi connectivity index (χ0) is 14.8. The van der Waals surface area contributed by atoms with E-state index in [0.29, 0.717) is 23.4 Å².